The van der Waals surface area contributed by atoms with Crippen molar-refractivity contribution in [2.24, 2.45) is 0 Å². The summed E-state index contributed by atoms with van der Waals surface area (Å²) in [4.78, 5) is 12.3. The molecule has 0 aliphatic heterocycles. The van der Waals surface area contributed by atoms with Gasteiger partial charge in [0.05, 0.1) is 19.8 Å². The Hall–Kier alpha value is -2.56. The quantitative estimate of drug-likeness (QED) is 0.716. The Balaban J connectivity index is 1.97. The third-order valence-electron chi connectivity index (χ3n) is 3.91. The first kappa shape index (κ1) is 18.8. The molecule has 2 aromatic rings. The molecule has 0 saturated heterocycles. The maximum absolute atomic E-state index is 13.8. The number of hydrogen-bond acceptors (Lipinski definition) is 3. The Bertz CT molecular complexity index is 701. The first-order chi connectivity index (χ1) is 12.0. The highest BCUT2D eigenvalue weighted by molar-refractivity contribution is 5.94. The van der Waals surface area contributed by atoms with E-state index in [1.165, 1.54) is 13.2 Å². The molecule has 1 atom stereocenters. The van der Waals surface area contributed by atoms with Gasteiger partial charge < -0.3 is 14.8 Å². The fraction of sp³-hybridized carbons (Fsp3) is 0.350. The van der Waals surface area contributed by atoms with Crippen LogP contribution in [0.15, 0.2) is 42.5 Å². The van der Waals surface area contributed by atoms with Crippen LogP contribution in [0, 0.1) is 5.82 Å². The normalized spacial score (nSPS) is 11.7. The van der Waals surface area contributed by atoms with E-state index in [-0.39, 0.29) is 17.7 Å². The van der Waals surface area contributed by atoms with Crippen molar-refractivity contribution in [1.29, 1.82) is 0 Å². The fourth-order valence-corrected chi connectivity index (χ4v) is 2.35. The largest absolute Gasteiger partial charge is 0.494 e. The highest BCUT2D eigenvalue weighted by Crippen LogP contribution is 2.22. The SMILES string of the molecule is CCCCOc1ccc(C(=O)N[C@H](C)c2ccc(OC)c(F)c2)cc1. The first-order valence-corrected chi connectivity index (χ1v) is 8.42. The second kappa shape index (κ2) is 9.06. The Morgan fingerprint density at radius 2 is 1.92 bits per heavy atom. The number of methoxy groups -OCH3 is 1. The molecule has 0 radical (unpaired) electrons. The predicted octanol–water partition coefficient (Wildman–Crippen LogP) is 4.50. The van der Waals surface area contributed by atoms with E-state index >= 15 is 0 Å². The van der Waals surface area contributed by atoms with Crippen molar-refractivity contribution >= 4 is 5.91 Å². The Morgan fingerprint density at radius 1 is 1.20 bits per heavy atom. The summed E-state index contributed by atoms with van der Waals surface area (Å²) in [6.45, 7) is 4.58. The van der Waals surface area contributed by atoms with Gasteiger partial charge in [-0.2, -0.15) is 0 Å². The van der Waals surface area contributed by atoms with Crippen LogP contribution >= 0.6 is 0 Å². The predicted molar refractivity (Wildman–Crippen MR) is 95.7 cm³/mol. The van der Waals surface area contributed by atoms with Crippen molar-refractivity contribution < 1.29 is 18.7 Å². The molecule has 0 heterocycles. The van der Waals surface area contributed by atoms with E-state index < -0.39 is 5.82 Å². The zero-order valence-corrected chi connectivity index (χ0v) is 14.8. The van der Waals surface area contributed by atoms with Crippen molar-refractivity contribution in [2.45, 2.75) is 32.7 Å². The standard InChI is InChI=1S/C20H24FNO3/c1-4-5-12-25-17-9-6-15(7-10-17)20(23)22-14(2)16-8-11-19(24-3)18(21)13-16/h6-11,13-14H,4-5,12H2,1-3H3,(H,22,23)/t14-/m1/s1. The number of rotatable bonds is 8. The minimum Gasteiger partial charge on any atom is -0.494 e. The maximum atomic E-state index is 13.8. The number of ether oxygens (including phenoxy) is 2. The molecule has 4 nitrogen and oxygen atoms in total. The van der Waals surface area contributed by atoms with Crippen molar-refractivity contribution in [2.75, 3.05) is 13.7 Å². The molecular weight excluding hydrogens is 321 g/mol. The second-order valence-corrected chi connectivity index (χ2v) is 5.82. The van der Waals surface area contributed by atoms with Gasteiger partial charge in [-0.15, -0.1) is 0 Å². The number of amides is 1. The molecule has 134 valence electrons. The first-order valence-electron chi connectivity index (χ1n) is 8.42. The van der Waals surface area contributed by atoms with Crippen LogP contribution in [0.2, 0.25) is 0 Å². The Kier molecular flexibility index (Phi) is 6.81. The van der Waals surface area contributed by atoms with Crippen LogP contribution in [0.3, 0.4) is 0 Å². The van der Waals surface area contributed by atoms with E-state index in [4.69, 9.17) is 9.47 Å². The van der Waals surface area contributed by atoms with Crippen molar-refractivity contribution in [3.8, 4) is 11.5 Å². The van der Waals surface area contributed by atoms with E-state index in [0.717, 1.165) is 18.6 Å². The van der Waals surface area contributed by atoms with Gasteiger partial charge in [-0.3, -0.25) is 4.79 Å². The van der Waals surface area contributed by atoms with Gasteiger partial charge in [0.15, 0.2) is 11.6 Å². The zero-order chi connectivity index (χ0) is 18.2. The van der Waals surface area contributed by atoms with E-state index in [0.29, 0.717) is 17.7 Å². The summed E-state index contributed by atoms with van der Waals surface area (Å²) in [6, 6.07) is 11.3. The number of hydrogen-bond donors (Lipinski definition) is 1. The lowest BCUT2D eigenvalue weighted by atomic mass is 10.1. The highest BCUT2D eigenvalue weighted by Gasteiger charge is 2.13. The average molecular weight is 345 g/mol. The lowest BCUT2D eigenvalue weighted by Crippen LogP contribution is -2.26. The molecule has 0 fully saturated rings. The summed E-state index contributed by atoms with van der Waals surface area (Å²) >= 11 is 0. The Labute approximate surface area is 148 Å². The minimum absolute atomic E-state index is 0.181. The van der Waals surface area contributed by atoms with Crippen LogP contribution in [0.5, 0.6) is 11.5 Å². The molecule has 0 aliphatic carbocycles. The van der Waals surface area contributed by atoms with Crippen LogP contribution in [0.25, 0.3) is 0 Å². The van der Waals surface area contributed by atoms with Crippen molar-refractivity contribution in [3.05, 3.63) is 59.4 Å². The molecule has 0 unspecified atom stereocenters. The number of nitrogens with one attached hydrogen (secondary N) is 1. The molecule has 2 rings (SSSR count). The van der Waals surface area contributed by atoms with Crippen LogP contribution < -0.4 is 14.8 Å². The van der Waals surface area contributed by atoms with Crippen LogP contribution in [0.1, 0.15) is 48.7 Å². The molecule has 0 saturated carbocycles. The lowest BCUT2D eigenvalue weighted by Gasteiger charge is -2.15. The van der Waals surface area contributed by atoms with Crippen LogP contribution in [-0.2, 0) is 0 Å². The van der Waals surface area contributed by atoms with E-state index in [1.807, 2.05) is 0 Å². The van der Waals surface area contributed by atoms with Gasteiger partial charge >= 0.3 is 0 Å². The molecule has 2 aromatic carbocycles. The van der Waals surface area contributed by atoms with E-state index in [2.05, 4.69) is 12.2 Å². The second-order valence-electron chi connectivity index (χ2n) is 5.82. The molecular formula is C20H24FNO3. The molecule has 0 aliphatic rings. The molecule has 0 spiro atoms. The van der Waals surface area contributed by atoms with Gasteiger partial charge in [0.2, 0.25) is 0 Å². The fourth-order valence-electron chi connectivity index (χ4n) is 2.35. The smallest absolute Gasteiger partial charge is 0.251 e. The summed E-state index contributed by atoms with van der Waals surface area (Å²) in [5.74, 6) is 0.259. The Morgan fingerprint density at radius 3 is 2.52 bits per heavy atom. The van der Waals surface area contributed by atoms with E-state index in [9.17, 15) is 9.18 Å². The topological polar surface area (TPSA) is 47.6 Å². The minimum atomic E-state index is -0.449. The van der Waals surface area contributed by atoms with Gasteiger partial charge in [0.1, 0.15) is 5.75 Å². The number of carbonyl (C=O) groups is 1. The summed E-state index contributed by atoms with van der Waals surface area (Å²) in [5, 5.41) is 2.86. The molecule has 0 bridgehead atoms. The van der Waals surface area contributed by atoms with Gasteiger partial charge in [-0.25, -0.2) is 4.39 Å². The molecule has 25 heavy (non-hydrogen) atoms. The van der Waals surface area contributed by atoms with Gasteiger partial charge in [-0.1, -0.05) is 19.4 Å². The summed E-state index contributed by atoms with van der Waals surface area (Å²) in [5.41, 5.74) is 1.20. The van der Waals surface area contributed by atoms with Gasteiger partial charge in [0.25, 0.3) is 5.91 Å². The monoisotopic (exact) mass is 345 g/mol. The van der Waals surface area contributed by atoms with Crippen molar-refractivity contribution in [1.82, 2.24) is 5.32 Å². The van der Waals surface area contributed by atoms with Gasteiger partial charge in [0, 0.05) is 5.56 Å². The number of unbranched alkanes of at least 4 members (excludes halogenated alkanes) is 1. The number of benzene rings is 2. The van der Waals surface area contributed by atoms with Crippen LogP contribution in [0.4, 0.5) is 4.39 Å². The lowest BCUT2D eigenvalue weighted by molar-refractivity contribution is 0.0939. The third-order valence-corrected chi connectivity index (χ3v) is 3.91. The van der Waals surface area contributed by atoms with E-state index in [1.54, 1.807) is 43.3 Å². The maximum Gasteiger partial charge on any atom is 0.251 e. The number of halogens is 1. The molecule has 1 amide bonds. The molecule has 5 heteroatoms. The van der Waals surface area contributed by atoms with Gasteiger partial charge in [-0.05, 0) is 55.3 Å². The highest BCUT2D eigenvalue weighted by atomic mass is 19.1. The molecule has 0 aromatic heterocycles. The van der Waals surface area contributed by atoms with Crippen molar-refractivity contribution in [3.63, 3.8) is 0 Å². The third kappa shape index (κ3) is 5.21. The average Bonchev–Trinajstić information content (AvgIpc) is 2.62. The zero-order valence-electron chi connectivity index (χ0n) is 14.8. The molecule has 1 N–H and O–H groups in total. The summed E-state index contributed by atoms with van der Waals surface area (Å²) in [6.07, 6.45) is 2.07. The summed E-state index contributed by atoms with van der Waals surface area (Å²) in [7, 11) is 1.42. The number of carbonyl (C=O) groups excluding carboxylic acids is 1. The summed E-state index contributed by atoms with van der Waals surface area (Å²) < 4.78 is 24.3. The van der Waals surface area contributed by atoms with Crippen LogP contribution in [-0.4, -0.2) is 19.6 Å².